The summed E-state index contributed by atoms with van der Waals surface area (Å²) in [5.74, 6) is -2.48. The molecule has 0 saturated heterocycles. The lowest BCUT2D eigenvalue weighted by atomic mass is 9.94. The highest BCUT2D eigenvalue weighted by Gasteiger charge is 2.40. The smallest absolute Gasteiger partial charge is 0.371 e. The third-order valence-corrected chi connectivity index (χ3v) is 6.67. The Balaban J connectivity index is 0.00000109. The second-order valence-corrected chi connectivity index (χ2v) is 10.0. The molecule has 0 saturated carbocycles. The summed E-state index contributed by atoms with van der Waals surface area (Å²) in [6.45, 7) is 10.9. The zero-order chi connectivity index (χ0) is 33.7. The molecule has 45 heavy (non-hydrogen) atoms. The van der Waals surface area contributed by atoms with E-state index in [-0.39, 0.29) is 28.6 Å². The number of amides is 1. The van der Waals surface area contributed by atoms with Gasteiger partial charge in [-0.1, -0.05) is 64.8 Å². The first-order valence-corrected chi connectivity index (χ1v) is 14.7. The molecule has 0 radical (unpaired) electrons. The van der Waals surface area contributed by atoms with Crippen molar-refractivity contribution in [3.8, 4) is 0 Å². The summed E-state index contributed by atoms with van der Waals surface area (Å²) in [5, 5.41) is 17.4. The predicted octanol–water partition coefficient (Wildman–Crippen LogP) is 7.57. The summed E-state index contributed by atoms with van der Waals surface area (Å²) in [6, 6.07) is 2.57. The number of pyridine rings is 1. The third kappa shape index (κ3) is 10.1. The van der Waals surface area contributed by atoms with Gasteiger partial charge in [-0.05, 0) is 18.1 Å². The van der Waals surface area contributed by atoms with Crippen LogP contribution < -0.4 is 10.7 Å². The van der Waals surface area contributed by atoms with Crippen LogP contribution in [0.5, 0.6) is 0 Å². The van der Waals surface area contributed by atoms with E-state index in [9.17, 15) is 22.4 Å². The Kier molecular flexibility index (Phi) is 14.1. The maximum Gasteiger partial charge on any atom is 0.405 e. The Morgan fingerprint density at radius 2 is 1.91 bits per heavy atom. The van der Waals surface area contributed by atoms with Crippen LogP contribution in [0.2, 0.25) is 5.02 Å². The van der Waals surface area contributed by atoms with Gasteiger partial charge in [-0.2, -0.15) is 22.7 Å². The number of unbranched alkanes of at least 4 members (excludes halogenated alkanes) is 1. The Hall–Kier alpha value is -4.33. The lowest BCUT2D eigenvalue weighted by Crippen LogP contribution is -2.27. The van der Waals surface area contributed by atoms with Gasteiger partial charge in [0.2, 0.25) is 11.9 Å². The van der Waals surface area contributed by atoms with Crippen molar-refractivity contribution in [1.29, 1.82) is 5.41 Å². The van der Waals surface area contributed by atoms with Crippen LogP contribution in [0, 0.1) is 11.4 Å². The fraction of sp³-hybridized carbons (Fsp3) is 0.400. The van der Waals surface area contributed by atoms with Gasteiger partial charge in [-0.25, -0.2) is 14.5 Å². The van der Waals surface area contributed by atoms with Crippen LogP contribution in [0.3, 0.4) is 0 Å². The fourth-order valence-electron chi connectivity index (χ4n) is 4.39. The Morgan fingerprint density at radius 3 is 2.49 bits per heavy atom. The molecule has 3 aromatic heterocycles. The van der Waals surface area contributed by atoms with Crippen molar-refractivity contribution in [2.75, 3.05) is 24.3 Å². The molecule has 15 heteroatoms. The van der Waals surface area contributed by atoms with Gasteiger partial charge in [0.15, 0.2) is 11.5 Å². The van der Waals surface area contributed by atoms with E-state index in [1.165, 1.54) is 61.4 Å². The summed E-state index contributed by atoms with van der Waals surface area (Å²) in [4.78, 5) is 22.7. The minimum atomic E-state index is -4.43. The molecular formula is C30H38ClF4N9O. The number of carbonyl (C=O) groups is 1. The molecule has 2 atom stereocenters. The van der Waals surface area contributed by atoms with Crippen molar-refractivity contribution in [1.82, 2.24) is 24.5 Å². The van der Waals surface area contributed by atoms with Gasteiger partial charge in [-0.3, -0.25) is 10.2 Å². The number of fused-ring (bicyclic) bond motifs is 3. The normalized spacial score (nSPS) is 15.8. The first-order valence-electron chi connectivity index (χ1n) is 14.3. The number of carbonyl (C=O) groups excluding carboxylic acids is 1. The minimum absolute atomic E-state index is 0.139. The highest BCUT2D eigenvalue weighted by Crippen LogP contribution is 2.46. The lowest BCUT2D eigenvalue weighted by molar-refractivity contribution is -0.138. The summed E-state index contributed by atoms with van der Waals surface area (Å²) < 4.78 is 54.1. The van der Waals surface area contributed by atoms with E-state index in [0.29, 0.717) is 16.8 Å². The lowest BCUT2D eigenvalue weighted by Gasteiger charge is -2.21. The van der Waals surface area contributed by atoms with Crippen LogP contribution in [0.1, 0.15) is 70.1 Å². The van der Waals surface area contributed by atoms with Crippen LogP contribution in [-0.2, 0) is 4.79 Å². The number of halogens is 5. The first-order chi connectivity index (χ1) is 21.4. The average Bonchev–Trinajstić information content (AvgIpc) is 3.57. The van der Waals surface area contributed by atoms with Crippen molar-refractivity contribution in [2.45, 2.75) is 65.0 Å². The molecule has 1 aliphatic rings. The standard InChI is InChI=1S/C24H22ClF4N9O.C4H10.C2H6/c1-3-13(11-37(2)12-24(27,28)29)15-7-16(17-10-31-20-8-19(26)36-38(20)21(15)17)23(39)34-14-6-18(25)22(32-9-14)35-33-5-4-30;1-3-4-2;1-2/h3-6,8-11,15-16,30H,1,7,12H2,2H3,(H,32,35)(H,34,39);3-4H2,1-2H3;1-2H3/b13-11+,30-4?,33-5-;;. The molecule has 3 aromatic rings. The van der Waals surface area contributed by atoms with Crippen LogP contribution >= 0.6 is 11.6 Å². The second-order valence-electron chi connectivity index (χ2n) is 9.64. The Bertz CT molecular complexity index is 1520. The zero-order valence-electron chi connectivity index (χ0n) is 25.8. The number of hydrogen-bond acceptors (Lipinski definition) is 8. The molecule has 0 fully saturated rings. The number of aromatic nitrogens is 4. The number of nitrogens with zero attached hydrogens (tertiary/aromatic N) is 6. The van der Waals surface area contributed by atoms with Crippen molar-refractivity contribution in [3.63, 3.8) is 0 Å². The number of alkyl halides is 3. The predicted molar refractivity (Wildman–Crippen MR) is 171 cm³/mol. The van der Waals surface area contributed by atoms with Crippen LogP contribution in [0.15, 0.2) is 54.1 Å². The fourth-order valence-corrected chi connectivity index (χ4v) is 4.60. The number of hydrazone groups is 1. The average molecular weight is 652 g/mol. The van der Waals surface area contributed by atoms with Crippen molar-refractivity contribution >= 4 is 47.1 Å². The number of allylic oxidation sites excluding steroid dienone is 2. The highest BCUT2D eigenvalue weighted by molar-refractivity contribution is 6.33. The molecule has 0 aromatic carbocycles. The molecule has 3 N–H and O–H groups in total. The Morgan fingerprint density at radius 1 is 1.22 bits per heavy atom. The third-order valence-electron chi connectivity index (χ3n) is 6.38. The van der Waals surface area contributed by atoms with Crippen molar-refractivity contribution < 1.29 is 22.4 Å². The molecule has 244 valence electrons. The highest BCUT2D eigenvalue weighted by atomic mass is 35.5. The molecule has 1 aliphatic carbocycles. The van der Waals surface area contributed by atoms with E-state index in [2.05, 4.69) is 51.3 Å². The van der Waals surface area contributed by atoms with Gasteiger partial charge in [0.25, 0.3) is 0 Å². The van der Waals surface area contributed by atoms with Crippen molar-refractivity contribution in [2.24, 2.45) is 5.10 Å². The molecule has 4 rings (SSSR count). The van der Waals surface area contributed by atoms with E-state index in [4.69, 9.17) is 17.0 Å². The largest absolute Gasteiger partial charge is 0.405 e. The van der Waals surface area contributed by atoms with Crippen LogP contribution in [-0.4, -0.2) is 62.6 Å². The summed E-state index contributed by atoms with van der Waals surface area (Å²) in [5.41, 5.74) is 4.29. The molecular weight excluding hydrogens is 614 g/mol. The summed E-state index contributed by atoms with van der Waals surface area (Å²) >= 11 is 6.21. The maximum atomic E-state index is 14.0. The molecule has 3 heterocycles. The maximum absolute atomic E-state index is 14.0. The van der Waals surface area contributed by atoms with E-state index in [1.807, 2.05) is 13.8 Å². The van der Waals surface area contributed by atoms with Gasteiger partial charge >= 0.3 is 6.18 Å². The summed E-state index contributed by atoms with van der Waals surface area (Å²) in [7, 11) is 1.28. The van der Waals surface area contributed by atoms with Gasteiger partial charge in [0.1, 0.15) is 6.54 Å². The Labute approximate surface area is 264 Å². The van der Waals surface area contributed by atoms with Gasteiger partial charge in [-0.15, -0.1) is 5.10 Å². The molecule has 0 aliphatic heterocycles. The van der Waals surface area contributed by atoms with Gasteiger partial charge in [0, 0.05) is 43.2 Å². The minimum Gasteiger partial charge on any atom is -0.371 e. The number of anilines is 2. The molecule has 0 spiro atoms. The quantitative estimate of drug-likeness (QED) is 0.0899. The van der Waals surface area contributed by atoms with Crippen LogP contribution in [0.25, 0.3) is 5.65 Å². The zero-order valence-corrected chi connectivity index (χ0v) is 26.5. The SMILES string of the molecule is C=C/C(=C\N(C)CC(F)(F)F)C1CC(C(=O)Nc2cnc(N/N=C\C=N)c(Cl)c2)c2cnc3cc(F)nn3c21.CC.CCCC. The number of hydrogen-bond donors (Lipinski definition) is 3. The van der Waals surface area contributed by atoms with E-state index in [1.54, 1.807) is 0 Å². The molecule has 0 bridgehead atoms. The second kappa shape index (κ2) is 17.2. The van der Waals surface area contributed by atoms with Gasteiger partial charge < -0.3 is 15.6 Å². The van der Waals surface area contributed by atoms with E-state index >= 15 is 0 Å². The van der Waals surface area contributed by atoms with E-state index in [0.717, 1.165) is 17.2 Å². The molecule has 2 unspecified atom stereocenters. The molecule has 10 nitrogen and oxygen atoms in total. The number of nitrogens with one attached hydrogen (secondary N) is 3. The monoisotopic (exact) mass is 651 g/mol. The van der Waals surface area contributed by atoms with Crippen molar-refractivity contribution in [3.05, 3.63) is 71.2 Å². The first kappa shape index (κ1) is 36.9. The van der Waals surface area contributed by atoms with Crippen LogP contribution in [0.4, 0.5) is 29.1 Å². The topological polar surface area (TPSA) is 124 Å². The molecule has 1 amide bonds. The number of rotatable bonds is 10. The van der Waals surface area contributed by atoms with Gasteiger partial charge in [0.05, 0.1) is 34.7 Å². The van der Waals surface area contributed by atoms with E-state index < -0.39 is 36.4 Å². The summed E-state index contributed by atoms with van der Waals surface area (Å²) in [6.07, 6.45) is 6.00.